The summed E-state index contributed by atoms with van der Waals surface area (Å²) in [6.45, 7) is 4.71. The largest absolute Gasteiger partial charge is 0.497 e. The van der Waals surface area contributed by atoms with E-state index in [9.17, 15) is 13.2 Å². The zero-order valence-corrected chi connectivity index (χ0v) is 21.7. The molecule has 0 bridgehead atoms. The molecule has 1 saturated carbocycles. The second kappa shape index (κ2) is 10.4. The quantitative estimate of drug-likeness (QED) is 0.373. The first-order chi connectivity index (χ1) is 16.7. The highest BCUT2D eigenvalue weighted by atomic mass is 35.5. The molecular weight excluding hydrogens is 486 g/mol. The first kappa shape index (κ1) is 25.3. The molecule has 2 aromatic carbocycles. The highest BCUT2D eigenvalue weighted by Gasteiger charge is 2.30. The third kappa shape index (κ3) is 6.05. The average molecular weight is 516 g/mol. The van der Waals surface area contributed by atoms with Crippen molar-refractivity contribution in [3.8, 4) is 5.75 Å². The summed E-state index contributed by atoms with van der Waals surface area (Å²) in [6, 6.07) is 13.7. The van der Waals surface area contributed by atoms with Crippen molar-refractivity contribution in [1.82, 2.24) is 14.5 Å². The lowest BCUT2D eigenvalue weighted by atomic mass is 10.1. The summed E-state index contributed by atoms with van der Waals surface area (Å²) in [5.41, 5.74) is 1.82. The van der Waals surface area contributed by atoms with Gasteiger partial charge in [-0.05, 0) is 68.5 Å². The Morgan fingerprint density at radius 3 is 2.60 bits per heavy atom. The van der Waals surface area contributed by atoms with Crippen LogP contribution in [0.5, 0.6) is 5.75 Å². The van der Waals surface area contributed by atoms with Crippen molar-refractivity contribution in [2.24, 2.45) is 5.92 Å². The Morgan fingerprint density at radius 1 is 1.20 bits per heavy atom. The van der Waals surface area contributed by atoms with Crippen LogP contribution in [0.15, 0.2) is 59.9 Å². The zero-order chi connectivity index (χ0) is 25.2. The molecular formula is C26H30ClN3O4S. The van der Waals surface area contributed by atoms with Gasteiger partial charge in [0.25, 0.3) is 5.91 Å². The number of imidazole rings is 1. The van der Waals surface area contributed by atoms with Crippen LogP contribution in [-0.2, 0) is 22.1 Å². The fourth-order valence-corrected chi connectivity index (χ4v) is 5.95. The third-order valence-corrected chi connectivity index (χ3v) is 7.82. The van der Waals surface area contributed by atoms with Crippen LogP contribution >= 0.6 is 11.6 Å². The number of aromatic nitrogens is 2. The normalized spacial score (nSPS) is 13.7. The lowest BCUT2D eigenvalue weighted by Crippen LogP contribution is -2.33. The van der Waals surface area contributed by atoms with Crippen LogP contribution in [0.1, 0.15) is 54.3 Å². The average Bonchev–Trinajstić information content (AvgIpc) is 3.53. The molecule has 0 radical (unpaired) electrons. The molecule has 1 aliphatic rings. The van der Waals surface area contributed by atoms with E-state index in [2.05, 4.69) is 4.98 Å². The summed E-state index contributed by atoms with van der Waals surface area (Å²) in [4.78, 5) is 19.6. The summed E-state index contributed by atoms with van der Waals surface area (Å²) < 4.78 is 33.7. The molecule has 1 aromatic heterocycles. The lowest BCUT2D eigenvalue weighted by molar-refractivity contribution is 0.0729. The molecule has 4 rings (SSSR count). The van der Waals surface area contributed by atoms with E-state index in [1.165, 1.54) is 0 Å². The first-order valence-corrected chi connectivity index (χ1v) is 13.7. The van der Waals surface area contributed by atoms with E-state index in [-0.39, 0.29) is 29.4 Å². The summed E-state index contributed by atoms with van der Waals surface area (Å²) in [7, 11) is -2.17. The first-order valence-electron chi connectivity index (χ1n) is 11.6. The summed E-state index contributed by atoms with van der Waals surface area (Å²) in [5.74, 6) is 0.760. The smallest absolute Gasteiger partial charge is 0.254 e. The molecule has 1 amide bonds. The topological polar surface area (TPSA) is 81.5 Å². The molecule has 9 heteroatoms. The summed E-state index contributed by atoms with van der Waals surface area (Å²) >= 11 is 6.05. The second-order valence-electron chi connectivity index (χ2n) is 9.25. The number of carbonyl (C=O) groups is 1. The highest BCUT2D eigenvalue weighted by Crippen LogP contribution is 2.32. The predicted molar refractivity (Wildman–Crippen MR) is 135 cm³/mol. The standard InChI is InChI=1S/C26H30ClN3O4S/c1-18(2)30-23(14-28-26(30)35(32,33)17-20-6-4-8-22(27)12-20)16-29(15-19-10-11-19)25(31)21-7-5-9-24(13-21)34-3/h4-9,12-14,18-19H,10-11,15-17H2,1-3H3. The Morgan fingerprint density at radius 2 is 1.94 bits per heavy atom. The number of ether oxygens (including phenoxy) is 1. The van der Waals surface area contributed by atoms with E-state index in [1.807, 2.05) is 13.8 Å². The Bertz CT molecular complexity index is 1320. The van der Waals surface area contributed by atoms with Gasteiger partial charge < -0.3 is 14.2 Å². The maximum atomic E-state index is 13.4. The Labute approximate surface area is 211 Å². The molecule has 0 N–H and O–H groups in total. The number of amides is 1. The number of benzene rings is 2. The van der Waals surface area contributed by atoms with Crippen molar-refractivity contribution in [2.45, 2.75) is 50.2 Å². The second-order valence-corrected chi connectivity index (χ2v) is 11.6. The van der Waals surface area contributed by atoms with Gasteiger partial charge in [-0.25, -0.2) is 13.4 Å². The Hall–Kier alpha value is -2.84. The lowest BCUT2D eigenvalue weighted by Gasteiger charge is -2.25. The molecule has 1 aliphatic carbocycles. The van der Waals surface area contributed by atoms with Crippen LogP contribution in [0, 0.1) is 5.92 Å². The molecule has 1 fully saturated rings. The zero-order valence-electron chi connectivity index (χ0n) is 20.1. The molecule has 186 valence electrons. The van der Waals surface area contributed by atoms with Crippen LogP contribution in [-0.4, -0.2) is 42.4 Å². The fraction of sp³-hybridized carbons (Fsp3) is 0.385. The van der Waals surface area contributed by atoms with E-state index < -0.39 is 9.84 Å². The number of rotatable bonds is 10. The maximum Gasteiger partial charge on any atom is 0.254 e. The number of hydrogen-bond donors (Lipinski definition) is 0. The molecule has 0 atom stereocenters. The van der Waals surface area contributed by atoms with Crippen LogP contribution in [0.25, 0.3) is 0 Å². The van der Waals surface area contributed by atoms with Crippen molar-refractivity contribution in [3.05, 3.63) is 76.6 Å². The number of hydrogen-bond acceptors (Lipinski definition) is 5. The highest BCUT2D eigenvalue weighted by molar-refractivity contribution is 7.90. The monoisotopic (exact) mass is 515 g/mol. The van der Waals surface area contributed by atoms with Crippen molar-refractivity contribution in [3.63, 3.8) is 0 Å². The van der Waals surface area contributed by atoms with Gasteiger partial charge in [0.05, 0.1) is 31.3 Å². The van der Waals surface area contributed by atoms with E-state index >= 15 is 0 Å². The molecule has 7 nitrogen and oxygen atoms in total. The van der Waals surface area contributed by atoms with E-state index in [0.29, 0.717) is 40.1 Å². The van der Waals surface area contributed by atoms with Gasteiger partial charge in [-0.2, -0.15) is 0 Å². The molecule has 1 heterocycles. The van der Waals surface area contributed by atoms with Crippen molar-refractivity contribution < 1.29 is 17.9 Å². The molecule has 0 unspecified atom stereocenters. The van der Waals surface area contributed by atoms with E-state index in [0.717, 1.165) is 12.8 Å². The van der Waals surface area contributed by atoms with Crippen LogP contribution in [0.4, 0.5) is 0 Å². The van der Waals surface area contributed by atoms with Gasteiger partial charge in [0.1, 0.15) is 5.75 Å². The summed E-state index contributed by atoms with van der Waals surface area (Å²) in [5, 5.41) is 0.486. The molecule has 0 aliphatic heterocycles. The van der Waals surface area contributed by atoms with Crippen LogP contribution in [0.3, 0.4) is 0 Å². The number of carbonyl (C=O) groups excluding carboxylic acids is 1. The van der Waals surface area contributed by atoms with Gasteiger partial charge in [-0.15, -0.1) is 0 Å². The van der Waals surface area contributed by atoms with Crippen molar-refractivity contribution in [2.75, 3.05) is 13.7 Å². The van der Waals surface area contributed by atoms with Gasteiger partial charge >= 0.3 is 0 Å². The van der Waals surface area contributed by atoms with Crippen LogP contribution in [0.2, 0.25) is 5.02 Å². The number of sulfone groups is 1. The molecule has 0 spiro atoms. The molecule has 0 saturated heterocycles. The van der Waals surface area contributed by atoms with Gasteiger partial charge in [-0.1, -0.05) is 29.8 Å². The van der Waals surface area contributed by atoms with Crippen LogP contribution < -0.4 is 4.74 Å². The predicted octanol–water partition coefficient (Wildman–Crippen LogP) is 5.15. The maximum absolute atomic E-state index is 13.4. The Balaban J connectivity index is 1.64. The van der Waals surface area contributed by atoms with Gasteiger partial charge in [0, 0.05) is 23.2 Å². The minimum absolute atomic E-state index is 0.00248. The number of halogens is 1. The fourth-order valence-electron chi connectivity index (χ4n) is 4.15. The Kier molecular flexibility index (Phi) is 7.52. The number of nitrogens with zero attached hydrogens (tertiary/aromatic N) is 3. The van der Waals surface area contributed by atoms with Gasteiger partial charge in [0.15, 0.2) is 0 Å². The van der Waals surface area contributed by atoms with Crippen molar-refractivity contribution in [1.29, 1.82) is 0 Å². The molecule has 3 aromatic rings. The van der Waals surface area contributed by atoms with Crippen molar-refractivity contribution >= 4 is 27.3 Å². The third-order valence-electron chi connectivity index (χ3n) is 6.01. The van der Waals surface area contributed by atoms with E-state index in [1.54, 1.807) is 71.3 Å². The minimum Gasteiger partial charge on any atom is -0.497 e. The van der Waals surface area contributed by atoms with Gasteiger partial charge in [-0.3, -0.25) is 4.79 Å². The van der Waals surface area contributed by atoms with E-state index in [4.69, 9.17) is 16.3 Å². The molecule has 35 heavy (non-hydrogen) atoms. The minimum atomic E-state index is -3.74. The SMILES string of the molecule is COc1cccc(C(=O)N(Cc2cnc(S(=O)(=O)Cc3cccc(Cl)c3)n2C(C)C)CC2CC2)c1. The summed E-state index contributed by atoms with van der Waals surface area (Å²) in [6.07, 6.45) is 3.75. The number of methoxy groups -OCH3 is 1. The van der Waals surface area contributed by atoms with Gasteiger partial charge in [0.2, 0.25) is 15.0 Å².